The topological polar surface area (TPSA) is 84.0 Å². The van der Waals surface area contributed by atoms with E-state index >= 15 is 0 Å². The van der Waals surface area contributed by atoms with E-state index in [1.807, 2.05) is 6.92 Å². The van der Waals surface area contributed by atoms with Crippen LogP contribution in [0.3, 0.4) is 0 Å². The van der Waals surface area contributed by atoms with Gasteiger partial charge in [0, 0.05) is 39.9 Å². The van der Waals surface area contributed by atoms with Crippen LogP contribution in [0, 0.1) is 5.82 Å². The number of nitrogens with one attached hydrogen (secondary N) is 3. The fourth-order valence-electron chi connectivity index (χ4n) is 2.18. The standard InChI is InChI=1S/C19H31FN4O3.HI/c1-3-21-19(23-9-4-12-27-14-13-26-2)24-11-10-22-18(25)15-16-5-7-17(20)8-6-16;/h5-8H,3-4,9-15H2,1-2H3,(H,22,25)(H2,21,23,24);1H. The molecule has 3 N–H and O–H groups in total. The molecule has 0 heterocycles. The predicted molar refractivity (Wildman–Crippen MR) is 120 cm³/mol. The van der Waals surface area contributed by atoms with Gasteiger partial charge in [-0.25, -0.2) is 4.39 Å². The van der Waals surface area contributed by atoms with Crippen LogP contribution in [0.1, 0.15) is 18.9 Å². The molecule has 0 aromatic heterocycles. The van der Waals surface area contributed by atoms with Gasteiger partial charge in [0.1, 0.15) is 5.82 Å². The molecule has 1 amide bonds. The summed E-state index contributed by atoms with van der Waals surface area (Å²) in [6.45, 7) is 6.28. The first kappa shape index (κ1) is 26.5. The van der Waals surface area contributed by atoms with Gasteiger partial charge in [-0.3, -0.25) is 9.79 Å². The smallest absolute Gasteiger partial charge is 0.224 e. The molecule has 160 valence electrons. The van der Waals surface area contributed by atoms with Gasteiger partial charge in [-0.2, -0.15) is 0 Å². The monoisotopic (exact) mass is 510 g/mol. The van der Waals surface area contributed by atoms with E-state index in [2.05, 4.69) is 20.9 Å². The fourth-order valence-corrected chi connectivity index (χ4v) is 2.18. The predicted octanol–water partition coefficient (Wildman–Crippen LogP) is 1.71. The Morgan fingerprint density at radius 1 is 1.07 bits per heavy atom. The molecular weight excluding hydrogens is 478 g/mol. The molecule has 0 aliphatic rings. The van der Waals surface area contributed by atoms with Crippen molar-refractivity contribution in [3.8, 4) is 0 Å². The first-order valence-electron chi connectivity index (χ1n) is 9.25. The summed E-state index contributed by atoms with van der Waals surface area (Å²) in [4.78, 5) is 16.3. The van der Waals surface area contributed by atoms with E-state index in [1.165, 1.54) is 12.1 Å². The molecule has 0 fully saturated rings. The Morgan fingerprint density at radius 3 is 2.46 bits per heavy atom. The van der Waals surface area contributed by atoms with Gasteiger partial charge in [0.25, 0.3) is 0 Å². The van der Waals surface area contributed by atoms with Gasteiger partial charge in [-0.15, -0.1) is 24.0 Å². The number of amides is 1. The Bertz CT molecular complexity index is 559. The number of benzene rings is 1. The van der Waals surface area contributed by atoms with E-state index in [0.717, 1.165) is 18.5 Å². The van der Waals surface area contributed by atoms with Crippen LogP contribution in [-0.2, 0) is 20.7 Å². The number of carbonyl (C=O) groups is 1. The summed E-state index contributed by atoms with van der Waals surface area (Å²) in [5, 5.41) is 9.16. The van der Waals surface area contributed by atoms with Crippen LogP contribution in [0.2, 0.25) is 0 Å². The second-order valence-corrected chi connectivity index (χ2v) is 5.80. The molecular formula is C19H32FIN4O3. The maximum atomic E-state index is 12.9. The third-order valence-electron chi connectivity index (χ3n) is 3.51. The number of hydrogen-bond donors (Lipinski definition) is 3. The molecule has 1 aromatic rings. The van der Waals surface area contributed by atoms with Crippen LogP contribution < -0.4 is 16.0 Å². The van der Waals surface area contributed by atoms with Gasteiger partial charge in [-0.1, -0.05) is 12.1 Å². The number of halogens is 2. The summed E-state index contributed by atoms with van der Waals surface area (Å²) in [5.74, 6) is 0.306. The largest absolute Gasteiger partial charge is 0.382 e. The summed E-state index contributed by atoms with van der Waals surface area (Å²) >= 11 is 0. The number of hydrogen-bond acceptors (Lipinski definition) is 4. The van der Waals surface area contributed by atoms with Crippen LogP contribution in [0.25, 0.3) is 0 Å². The maximum absolute atomic E-state index is 12.9. The minimum absolute atomic E-state index is 0. The van der Waals surface area contributed by atoms with E-state index in [0.29, 0.717) is 45.4 Å². The molecule has 0 aliphatic carbocycles. The van der Waals surface area contributed by atoms with E-state index in [1.54, 1.807) is 19.2 Å². The molecule has 0 atom stereocenters. The number of nitrogens with zero attached hydrogens (tertiary/aromatic N) is 1. The Hall–Kier alpha value is -1.46. The highest BCUT2D eigenvalue weighted by atomic mass is 127. The first-order chi connectivity index (χ1) is 13.2. The number of aliphatic imine (C=N–C) groups is 1. The molecule has 0 aliphatic heterocycles. The molecule has 28 heavy (non-hydrogen) atoms. The van der Waals surface area contributed by atoms with Gasteiger partial charge < -0.3 is 25.4 Å². The quantitative estimate of drug-likeness (QED) is 0.163. The average molecular weight is 510 g/mol. The molecule has 0 saturated heterocycles. The normalized spacial score (nSPS) is 10.9. The van der Waals surface area contributed by atoms with Gasteiger partial charge >= 0.3 is 0 Å². The highest BCUT2D eigenvalue weighted by Gasteiger charge is 2.03. The van der Waals surface area contributed by atoms with Crippen molar-refractivity contribution in [1.29, 1.82) is 0 Å². The SMILES string of the molecule is CCNC(=NCCCOCCOC)NCCNC(=O)Cc1ccc(F)cc1.I. The van der Waals surface area contributed by atoms with Gasteiger partial charge in [-0.05, 0) is 31.0 Å². The molecule has 1 aromatic carbocycles. The average Bonchev–Trinajstić information content (AvgIpc) is 2.66. The van der Waals surface area contributed by atoms with Crippen LogP contribution >= 0.6 is 24.0 Å². The molecule has 0 radical (unpaired) electrons. The zero-order valence-corrected chi connectivity index (χ0v) is 19.0. The van der Waals surface area contributed by atoms with E-state index < -0.39 is 0 Å². The number of rotatable bonds is 13. The summed E-state index contributed by atoms with van der Waals surface area (Å²) in [6, 6.07) is 5.93. The molecule has 7 nitrogen and oxygen atoms in total. The molecule has 0 unspecified atom stereocenters. The van der Waals surface area contributed by atoms with Gasteiger partial charge in [0.15, 0.2) is 5.96 Å². The fraction of sp³-hybridized carbons (Fsp3) is 0.579. The van der Waals surface area contributed by atoms with Gasteiger partial charge in [0.05, 0.1) is 19.6 Å². The number of methoxy groups -OCH3 is 1. The highest BCUT2D eigenvalue weighted by Crippen LogP contribution is 2.03. The van der Waals surface area contributed by atoms with Gasteiger partial charge in [0.2, 0.25) is 5.91 Å². The molecule has 0 spiro atoms. The van der Waals surface area contributed by atoms with Crippen molar-refractivity contribution >= 4 is 35.8 Å². The molecule has 0 saturated carbocycles. The first-order valence-corrected chi connectivity index (χ1v) is 9.25. The lowest BCUT2D eigenvalue weighted by Gasteiger charge is -2.12. The summed E-state index contributed by atoms with van der Waals surface area (Å²) < 4.78 is 23.2. The Morgan fingerprint density at radius 2 is 1.79 bits per heavy atom. The third kappa shape index (κ3) is 13.7. The lowest BCUT2D eigenvalue weighted by molar-refractivity contribution is -0.120. The lowest BCUT2D eigenvalue weighted by atomic mass is 10.1. The number of carbonyl (C=O) groups excluding carboxylic acids is 1. The Balaban J connectivity index is 0.00000729. The zero-order valence-electron chi connectivity index (χ0n) is 16.6. The number of guanidine groups is 1. The van der Waals surface area contributed by atoms with Crippen LogP contribution in [0.4, 0.5) is 4.39 Å². The van der Waals surface area contributed by atoms with Crippen molar-refractivity contribution in [2.45, 2.75) is 19.8 Å². The van der Waals surface area contributed by atoms with Crippen molar-refractivity contribution in [3.63, 3.8) is 0 Å². The van der Waals surface area contributed by atoms with Crippen molar-refractivity contribution in [3.05, 3.63) is 35.6 Å². The molecule has 1 rings (SSSR count). The highest BCUT2D eigenvalue weighted by molar-refractivity contribution is 14.0. The van der Waals surface area contributed by atoms with Crippen molar-refractivity contribution in [2.24, 2.45) is 4.99 Å². The van der Waals surface area contributed by atoms with Crippen LogP contribution in [-0.4, -0.2) is 65.0 Å². The third-order valence-corrected chi connectivity index (χ3v) is 3.51. The maximum Gasteiger partial charge on any atom is 0.224 e. The van der Waals surface area contributed by atoms with Crippen molar-refractivity contribution < 1.29 is 18.7 Å². The van der Waals surface area contributed by atoms with Crippen LogP contribution in [0.15, 0.2) is 29.3 Å². The minimum Gasteiger partial charge on any atom is -0.382 e. The Kier molecular flexibility index (Phi) is 16.7. The number of ether oxygens (including phenoxy) is 2. The second kappa shape index (κ2) is 17.6. The Labute approximate surface area is 183 Å². The van der Waals surface area contributed by atoms with Crippen molar-refractivity contribution in [1.82, 2.24) is 16.0 Å². The van der Waals surface area contributed by atoms with Crippen molar-refractivity contribution in [2.75, 3.05) is 53.1 Å². The summed E-state index contributed by atoms with van der Waals surface area (Å²) in [5.41, 5.74) is 0.782. The van der Waals surface area contributed by atoms with E-state index in [-0.39, 0.29) is 42.1 Å². The second-order valence-electron chi connectivity index (χ2n) is 5.80. The van der Waals surface area contributed by atoms with E-state index in [9.17, 15) is 9.18 Å². The molecule has 0 bridgehead atoms. The summed E-state index contributed by atoms with van der Waals surface area (Å²) in [6.07, 6.45) is 1.06. The minimum atomic E-state index is -0.305. The van der Waals surface area contributed by atoms with Crippen LogP contribution in [0.5, 0.6) is 0 Å². The molecule has 9 heteroatoms. The lowest BCUT2D eigenvalue weighted by Crippen LogP contribution is -2.41. The summed E-state index contributed by atoms with van der Waals surface area (Å²) in [7, 11) is 1.65. The zero-order chi connectivity index (χ0) is 19.7. The van der Waals surface area contributed by atoms with E-state index in [4.69, 9.17) is 9.47 Å².